The van der Waals surface area contributed by atoms with Gasteiger partial charge in [0.15, 0.2) is 5.69 Å². The minimum Gasteiger partial charge on any atom is -0.351 e. The first kappa shape index (κ1) is 11.1. The smallest absolute Gasteiger partial charge is 0.271 e. The molecule has 0 spiro atoms. The molecule has 0 saturated carbocycles. The van der Waals surface area contributed by atoms with E-state index in [0.717, 1.165) is 12.8 Å². The molecule has 78 valence electrons. The zero-order valence-electron chi connectivity index (χ0n) is 8.53. The van der Waals surface area contributed by atoms with Crippen molar-refractivity contribution >= 4 is 5.91 Å². The van der Waals surface area contributed by atoms with Crippen LogP contribution in [-0.2, 0) is 0 Å². The standard InChI is InChI=1S/C10H12N4O/c1-2-3-4-12-10(15)9-7-13-8(5-11)6-14-9/h6-7H,2-4H2,1H3,(H,12,15). The van der Waals surface area contributed by atoms with Crippen molar-refractivity contribution in [1.29, 1.82) is 5.26 Å². The third-order valence-corrected chi connectivity index (χ3v) is 1.81. The SMILES string of the molecule is CCCCNC(=O)c1cnc(C#N)cn1. The highest BCUT2D eigenvalue weighted by Gasteiger charge is 2.06. The number of carbonyl (C=O) groups excluding carboxylic acids is 1. The number of hydrogen-bond donors (Lipinski definition) is 1. The molecule has 0 aliphatic rings. The third-order valence-electron chi connectivity index (χ3n) is 1.81. The van der Waals surface area contributed by atoms with Gasteiger partial charge >= 0.3 is 0 Å². The van der Waals surface area contributed by atoms with Gasteiger partial charge in [0.2, 0.25) is 0 Å². The summed E-state index contributed by atoms with van der Waals surface area (Å²) in [6.45, 7) is 2.69. The molecule has 1 N–H and O–H groups in total. The van der Waals surface area contributed by atoms with Gasteiger partial charge in [0.05, 0.1) is 12.4 Å². The van der Waals surface area contributed by atoms with Crippen LogP contribution in [0.25, 0.3) is 0 Å². The van der Waals surface area contributed by atoms with E-state index in [9.17, 15) is 4.79 Å². The van der Waals surface area contributed by atoms with Crippen LogP contribution in [0.2, 0.25) is 0 Å². The van der Waals surface area contributed by atoms with Crippen molar-refractivity contribution in [3.63, 3.8) is 0 Å². The first-order valence-electron chi connectivity index (χ1n) is 4.78. The summed E-state index contributed by atoms with van der Waals surface area (Å²) in [6.07, 6.45) is 4.56. The summed E-state index contributed by atoms with van der Waals surface area (Å²) >= 11 is 0. The molecule has 0 unspecified atom stereocenters. The number of unbranched alkanes of at least 4 members (excludes halogenated alkanes) is 1. The van der Waals surface area contributed by atoms with Gasteiger partial charge in [-0.1, -0.05) is 13.3 Å². The second-order valence-corrected chi connectivity index (χ2v) is 3.01. The lowest BCUT2D eigenvalue weighted by Gasteiger charge is -2.02. The van der Waals surface area contributed by atoms with E-state index in [4.69, 9.17) is 5.26 Å². The van der Waals surface area contributed by atoms with Crippen LogP contribution >= 0.6 is 0 Å². The lowest BCUT2D eigenvalue weighted by Crippen LogP contribution is -2.25. The third kappa shape index (κ3) is 3.35. The summed E-state index contributed by atoms with van der Waals surface area (Å²) in [5.74, 6) is -0.250. The van der Waals surface area contributed by atoms with Crippen molar-refractivity contribution in [2.45, 2.75) is 19.8 Å². The maximum atomic E-state index is 11.4. The highest BCUT2D eigenvalue weighted by atomic mass is 16.1. The lowest BCUT2D eigenvalue weighted by atomic mass is 10.3. The van der Waals surface area contributed by atoms with E-state index in [1.165, 1.54) is 12.4 Å². The lowest BCUT2D eigenvalue weighted by molar-refractivity contribution is 0.0948. The molecule has 1 rings (SSSR count). The fourth-order valence-electron chi connectivity index (χ4n) is 0.972. The summed E-state index contributed by atoms with van der Waals surface area (Å²) in [7, 11) is 0. The Labute approximate surface area is 88.2 Å². The van der Waals surface area contributed by atoms with Crippen LogP contribution in [0.5, 0.6) is 0 Å². The van der Waals surface area contributed by atoms with E-state index in [2.05, 4.69) is 15.3 Å². The molecule has 0 atom stereocenters. The van der Waals surface area contributed by atoms with Crippen LogP contribution in [-0.4, -0.2) is 22.4 Å². The highest BCUT2D eigenvalue weighted by Crippen LogP contribution is 1.94. The van der Waals surface area contributed by atoms with Crippen molar-refractivity contribution in [1.82, 2.24) is 15.3 Å². The Hall–Kier alpha value is -1.96. The molecular weight excluding hydrogens is 192 g/mol. The number of nitrogens with one attached hydrogen (secondary N) is 1. The molecule has 1 aromatic heterocycles. The molecule has 0 aliphatic carbocycles. The number of hydrogen-bond acceptors (Lipinski definition) is 4. The second-order valence-electron chi connectivity index (χ2n) is 3.01. The van der Waals surface area contributed by atoms with Crippen molar-refractivity contribution < 1.29 is 4.79 Å². The minimum atomic E-state index is -0.250. The summed E-state index contributed by atoms with van der Waals surface area (Å²) in [6, 6.07) is 1.84. The summed E-state index contributed by atoms with van der Waals surface area (Å²) in [5.41, 5.74) is 0.449. The summed E-state index contributed by atoms with van der Waals surface area (Å²) in [5, 5.41) is 11.2. The van der Waals surface area contributed by atoms with E-state index < -0.39 is 0 Å². The molecular formula is C10H12N4O. The van der Waals surface area contributed by atoms with Gasteiger partial charge in [-0.25, -0.2) is 9.97 Å². The van der Waals surface area contributed by atoms with E-state index in [1.54, 1.807) is 0 Å². The topological polar surface area (TPSA) is 78.7 Å². The first-order chi connectivity index (χ1) is 7.27. The van der Waals surface area contributed by atoms with E-state index in [1.807, 2.05) is 13.0 Å². The molecule has 5 heteroatoms. The van der Waals surface area contributed by atoms with Crippen molar-refractivity contribution in [2.75, 3.05) is 6.54 Å². The average molecular weight is 204 g/mol. The van der Waals surface area contributed by atoms with E-state index >= 15 is 0 Å². The normalized spacial score (nSPS) is 9.33. The van der Waals surface area contributed by atoms with Crippen LogP contribution in [0.15, 0.2) is 12.4 Å². The van der Waals surface area contributed by atoms with Crippen LogP contribution < -0.4 is 5.32 Å². The molecule has 1 amide bonds. The molecule has 15 heavy (non-hydrogen) atoms. The van der Waals surface area contributed by atoms with Gasteiger partial charge in [-0.05, 0) is 6.42 Å². The zero-order chi connectivity index (χ0) is 11.1. The van der Waals surface area contributed by atoms with Gasteiger partial charge in [-0.3, -0.25) is 4.79 Å². The minimum absolute atomic E-state index is 0.208. The van der Waals surface area contributed by atoms with Crippen LogP contribution in [0, 0.1) is 11.3 Å². The molecule has 0 saturated heterocycles. The van der Waals surface area contributed by atoms with Gasteiger partial charge in [0.1, 0.15) is 11.8 Å². The number of nitrogens with zero attached hydrogens (tertiary/aromatic N) is 3. The van der Waals surface area contributed by atoms with Crippen LogP contribution in [0.3, 0.4) is 0 Å². The molecule has 0 aliphatic heterocycles. The molecule has 0 fully saturated rings. The summed E-state index contributed by atoms with van der Waals surface area (Å²) < 4.78 is 0. The number of nitriles is 1. The van der Waals surface area contributed by atoms with Crippen molar-refractivity contribution in [3.05, 3.63) is 23.8 Å². The Balaban J connectivity index is 2.55. The Bertz CT molecular complexity index is 366. The number of amides is 1. The Morgan fingerprint density at radius 3 is 2.87 bits per heavy atom. The monoisotopic (exact) mass is 204 g/mol. The number of rotatable bonds is 4. The first-order valence-corrected chi connectivity index (χ1v) is 4.78. The molecule has 1 heterocycles. The van der Waals surface area contributed by atoms with Gasteiger partial charge < -0.3 is 5.32 Å². The fraction of sp³-hybridized carbons (Fsp3) is 0.400. The van der Waals surface area contributed by atoms with Crippen molar-refractivity contribution in [2.24, 2.45) is 0 Å². The maximum absolute atomic E-state index is 11.4. The predicted octanol–water partition coefficient (Wildman–Crippen LogP) is 0.878. The molecule has 0 radical (unpaired) electrons. The Morgan fingerprint density at radius 2 is 2.33 bits per heavy atom. The van der Waals surface area contributed by atoms with E-state index in [-0.39, 0.29) is 17.3 Å². The van der Waals surface area contributed by atoms with Gasteiger partial charge in [-0.15, -0.1) is 0 Å². The van der Waals surface area contributed by atoms with Gasteiger partial charge in [0, 0.05) is 6.54 Å². The largest absolute Gasteiger partial charge is 0.351 e. The quantitative estimate of drug-likeness (QED) is 0.738. The van der Waals surface area contributed by atoms with Gasteiger partial charge in [-0.2, -0.15) is 5.26 Å². The number of carbonyl (C=O) groups is 1. The van der Waals surface area contributed by atoms with Crippen LogP contribution in [0.1, 0.15) is 35.9 Å². The highest BCUT2D eigenvalue weighted by molar-refractivity contribution is 5.91. The molecule has 0 aromatic carbocycles. The van der Waals surface area contributed by atoms with Crippen molar-refractivity contribution in [3.8, 4) is 6.07 Å². The van der Waals surface area contributed by atoms with E-state index in [0.29, 0.717) is 6.54 Å². The summed E-state index contributed by atoms with van der Waals surface area (Å²) in [4.78, 5) is 19.0. The Morgan fingerprint density at radius 1 is 1.53 bits per heavy atom. The molecule has 1 aromatic rings. The Kier molecular flexibility index (Phi) is 4.23. The average Bonchev–Trinajstić information content (AvgIpc) is 2.29. The fourth-order valence-corrected chi connectivity index (χ4v) is 0.972. The number of aromatic nitrogens is 2. The van der Waals surface area contributed by atoms with Crippen LogP contribution in [0.4, 0.5) is 0 Å². The maximum Gasteiger partial charge on any atom is 0.271 e. The molecule has 0 bridgehead atoms. The second kappa shape index (κ2) is 5.70. The van der Waals surface area contributed by atoms with Gasteiger partial charge in [0.25, 0.3) is 5.91 Å². The predicted molar refractivity (Wildman–Crippen MR) is 54.0 cm³/mol. The molecule has 5 nitrogen and oxygen atoms in total. The zero-order valence-corrected chi connectivity index (χ0v) is 8.53.